The number of allylic oxidation sites excluding steroid dienone is 2. The smallest absolute Gasteiger partial charge is 0.192 e. The lowest BCUT2D eigenvalue weighted by atomic mass is 10.0. The van der Waals surface area contributed by atoms with Gasteiger partial charge in [0.25, 0.3) is 0 Å². The highest BCUT2D eigenvalue weighted by Crippen LogP contribution is 2.31. The van der Waals surface area contributed by atoms with Crippen LogP contribution in [-0.4, -0.2) is 32.0 Å². The fourth-order valence-corrected chi connectivity index (χ4v) is 1.66. The summed E-state index contributed by atoms with van der Waals surface area (Å²) >= 11 is 0. The van der Waals surface area contributed by atoms with E-state index in [1.54, 1.807) is 0 Å². The summed E-state index contributed by atoms with van der Waals surface area (Å²) in [5, 5.41) is 38.3. The monoisotopic (exact) mass is 238 g/mol. The van der Waals surface area contributed by atoms with Crippen molar-refractivity contribution in [1.29, 1.82) is 0 Å². The first-order chi connectivity index (χ1) is 7.91. The molecule has 0 amide bonds. The molecule has 2 rings (SSSR count). The fourth-order valence-electron chi connectivity index (χ4n) is 1.66. The molecule has 92 valence electrons. The van der Waals surface area contributed by atoms with Crippen molar-refractivity contribution in [2.24, 2.45) is 0 Å². The fraction of sp³-hybridized carbons (Fsp3) is 0.333. The molecule has 5 nitrogen and oxygen atoms in total. The minimum atomic E-state index is -1.66. The van der Waals surface area contributed by atoms with Crippen LogP contribution in [0.4, 0.5) is 0 Å². The molecule has 0 aliphatic heterocycles. The maximum atomic E-state index is 10.0. The first-order valence-electron chi connectivity index (χ1n) is 5.22. The van der Waals surface area contributed by atoms with E-state index in [1.165, 1.54) is 36.5 Å². The van der Waals surface area contributed by atoms with Crippen LogP contribution in [0.3, 0.4) is 0 Å². The van der Waals surface area contributed by atoms with Gasteiger partial charge in [-0.2, -0.15) is 0 Å². The Hall–Kier alpha value is -1.56. The van der Waals surface area contributed by atoms with Crippen LogP contribution in [0.2, 0.25) is 0 Å². The third-order valence-corrected chi connectivity index (χ3v) is 2.59. The van der Waals surface area contributed by atoms with Crippen LogP contribution in [0.25, 0.3) is 0 Å². The Labute approximate surface area is 98.3 Å². The van der Waals surface area contributed by atoms with Gasteiger partial charge in [-0.3, -0.25) is 0 Å². The second-order valence-corrected chi connectivity index (χ2v) is 4.12. The summed E-state index contributed by atoms with van der Waals surface area (Å²) in [5.41, 5.74) is 0. The van der Waals surface area contributed by atoms with Gasteiger partial charge in [0, 0.05) is 12.8 Å². The molecule has 0 aromatic heterocycles. The Morgan fingerprint density at radius 1 is 0.882 bits per heavy atom. The van der Waals surface area contributed by atoms with E-state index in [2.05, 4.69) is 0 Å². The van der Waals surface area contributed by atoms with Crippen LogP contribution in [0.5, 0.6) is 0 Å². The van der Waals surface area contributed by atoms with Gasteiger partial charge in [-0.15, -0.1) is 0 Å². The van der Waals surface area contributed by atoms with Gasteiger partial charge in [-0.05, 0) is 36.5 Å². The van der Waals surface area contributed by atoms with Gasteiger partial charge in [0.05, 0.1) is 0 Å². The standard InChI is InChI=1S/C12H14O5/c13-9-1-5-11(15,6-2-9)17-12(16)7-3-10(14)4-8-12/h1-5,7,13-16H,6,8H2. The average molecular weight is 238 g/mol. The number of aliphatic hydroxyl groups is 4. The predicted molar refractivity (Wildman–Crippen MR) is 59.9 cm³/mol. The topological polar surface area (TPSA) is 90.2 Å². The molecular formula is C12H14O5. The number of aliphatic hydroxyl groups excluding tert-OH is 2. The van der Waals surface area contributed by atoms with E-state index in [-0.39, 0.29) is 24.4 Å². The maximum absolute atomic E-state index is 10.0. The molecule has 0 fully saturated rings. The van der Waals surface area contributed by atoms with E-state index in [9.17, 15) is 10.2 Å². The van der Waals surface area contributed by atoms with E-state index in [1.807, 2.05) is 0 Å². The quantitative estimate of drug-likeness (QED) is 0.542. The van der Waals surface area contributed by atoms with Crippen LogP contribution >= 0.6 is 0 Å². The lowest BCUT2D eigenvalue weighted by molar-refractivity contribution is -0.290. The SMILES string of the molecule is OC1=CCC(O)(OC2(O)C=CC(O)=CC2)C=C1. The third kappa shape index (κ3) is 2.76. The van der Waals surface area contributed by atoms with Crippen LogP contribution in [0.1, 0.15) is 12.8 Å². The third-order valence-electron chi connectivity index (χ3n) is 2.59. The summed E-state index contributed by atoms with van der Waals surface area (Å²) in [6.07, 6.45) is 8.01. The summed E-state index contributed by atoms with van der Waals surface area (Å²) in [7, 11) is 0. The van der Waals surface area contributed by atoms with Crippen LogP contribution in [0, 0.1) is 0 Å². The molecule has 17 heavy (non-hydrogen) atoms. The highest BCUT2D eigenvalue weighted by molar-refractivity contribution is 5.23. The summed E-state index contributed by atoms with van der Waals surface area (Å²) < 4.78 is 5.23. The first-order valence-corrected chi connectivity index (χ1v) is 5.22. The number of ether oxygens (including phenoxy) is 1. The highest BCUT2D eigenvalue weighted by Gasteiger charge is 2.37. The second-order valence-electron chi connectivity index (χ2n) is 4.12. The molecule has 0 spiro atoms. The molecule has 2 atom stereocenters. The molecule has 0 saturated carbocycles. The lowest BCUT2D eigenvalue weighted by Gasteiger charge is -2.35. The van der Waals surface area contributed by atoms with E-state index >= 15 is 0 Å². The summed E-state index contributed by atoms with van der Waals surface area (Å²) in [5.74, 6) is -3.23. The minimum absolute atomic E-state index is 0.0428. The molecule has 0 aromatic rings. The zero-order chi connectivity index (χ0) is 12.5. The Kier molecular flexibility index (Phi) is 2.82. The molecule has 5 heteroatoms. The summed E-state index contributed by atoms with van der Waals surface area (Å²) in [6, 6.07) is 0. The van der Waals surface area contributed by atoms with Gasteiger partial charge in [0.1, 0.15) is 11.5 Å². The van der Waals surface area contributed by atoms with Gasteiger partial charge >= 0.3 is 0 Å². The maximum Gasteiger partial charge on any atom is 0.192 e. The predicted octanol–water partition coefficient (Wildman–Crippen LogP) is 1.18. The molecular weight excluding hydrogens is 224 g/mol. The summed E-state index contributed by atoms with van der Waals surface area (Å²) in [6.45, 7) is 0. The molecule has 2 aliphatic carbocycles. The van der Waals surface area contributed by atoms with Crippen molar-refractivity contribution < 1.29 is 25.2 Å². The van der Waals surface area contributed by atoms with Crippen LogP contribution in [-0.2, 0) is 4.74 Å². The molecule has 0 bridgehead atoms. The molecule has 0 saturated heterocycles. The number of hydrogen-bond acceptors (Lipinski definition) is 5. The van der Waals surface area contributed by atoms with Gasteiger partial charge in [-0.1, -0.05) is 0 Å². The van der Waals surface area contributed by atoms with E-state index in [0.29, 0.717) is 0 Å². The van der Waals surface area contributed by atoms with Crippen LogP contribution < -0.4 is 0 Å². The van der Waals surface area contributed by atoms with Crippen molar-refractivity contribution in [3.63, 3.8) is 0 Å². The first kappa shape index (κ1) is 11.9. The largest absolute Gasteiger partial charge is 0.508 e. The zero-order valence-electron chi connectivity index (χ0n) is 9.08. The molecule has 2 unspecified atom stereocenters. The van der Waals surface area contributed by atoms with E-state index in [4.69, 9.17) is 14.9 Å². The van der Waals surface area contributed by atoms with Gasteiger partial charge < -0.3 is 25.2 Å². The van der Waals surface area contributed by atoms with Gasteiger partial charge in [-0.25, -0.2) is 0 Å². The number of rotatable bonds is 2. The van der Waals surface area contributed by atoms with Gasteiger partial charge in [0.15, 0.2) is 11.6 Å². The average Bonchev–Trinajstić information content (AvgIpc) is 2.28. The number of hydrogen-bond donors (Lipinski definition) is 4. The zero-order valence-corrected chi connectivity index (χ0v) is 9.08. The van der Waals surface area contributed by atoms with Crippen molar-refractivity contribution in [3.05, 3.63) is 48.0 Å². The van der Waals surface area contributed by atoms with Crippen molar-refractivity contribution >= 4 is 0 Å². The van der Waals surface area contributed by atoms with Crippen molar-refractivity contribution in [2.75, 3.05) is 0 Å². The van der Waals surface area contributed by atoms with Crippen molar-refractivity contribution in [2.45, 2.75) is 24.4 Å². The highest BCUT2D eigenvalue weighted by atomic mass is 16.7. The minimum Gasteiger partial charge on any atom is -0.508 e. The molecule has 4 N–H and O–H groups in total. The Morgan fingerprint density at radius 3 is 1.59 bits per heavy atom. The molecule has 0 aromatic carbocycles. The van der Waals surface area contributed by atoms with E-state index < -0.39 is 11.6 Å². The Morgan fingerprint density at radius 2 is 1.29 bits per heavy atom. The van der Waals surface area contributed by atoms with Gasteiger partial charge in [0.2, 0.25) is 0 Å². The Bertz CT molecular complexity index is 394. The Balaban J connectivity index is 2.07. The second kappa shape index (κ2) is 4.03. The van der Waals surface area contributed by atoms with Crippen molar-refractivity contribution in [1.82, 2.24) is 0 Å². The lowest BCUT2D eigenvalue weighted by Crippen LogP contribution is -2.43. The molecule has 2 aliphatic rings. The normalized spacial score (nSPS) is 36.6. The van der Waals surface area contributed by atoms with Crippen LogP contribution in [0.15, 0.2) is 48.0 Å². The molecule has 0 radical (unpaired) electrons. The van der Waals surface area contributed by atoms with Crippen molar-refractivity contribution in [3.8, 4) is 0 Å². The van der Waals surface area contributed by atoms with E-state index in [0.717, 1.165) is 0 Å². The molecule has 0 heterocycles. The summed E-state index contributed by atoms with van der Waals surface area (Å²) in [4.78, 5) is 0.